The highest BCUT2D eigenvalue weighted by Gasteiger charge is 2.20. The van der Waals surface area contributed by atoms with E-state index in [1.165, 1.54) is 64.6 Å². The molecule has 43 heavy (non-hydrogen) atoms. The van der Waals surface area contributed by atoms with Crippen molar-refractivity contribution in [2.45, 2.75) is 0 Å². The quantitative estimate of drug-likeness (QED) is 0.198. The smallest absolute Gasteiger partial charge is 0.124 e. The topological polar surface area (TPSA) is 21.7 Å². The van der Waals surface area contributed by atoms with Crippen molar-refractivity contribution in [3.05, 3.63) is 127 Å². The van der Waals surface area contributed by atoms with Crippen LogP contribution in [0.15, 0.2) is 127 Å². The predicted octanol–water partition coefficient (Wildman–Crippen LogP) is 11.0. The molecule has 0 saturated heterocycles. The van der Waals surface area contributed by atoms with Crippen molar-refractivity contribution in [1.82, 2.24) is 0 Å². The van der Waals surface area contributed by atoms with E-state index in [1.807, 2.05) is 6.07 Å². The van der Waals surface area contributed by atoms with Gasteiger partial charge in [0.25, 0.3) is 0 Å². The van der Waals surface area contributed by atoms with Gasteiger partial charge in [-0.25, -0.2) is 0 Å². The minimum atomic E-state index is 0.745. The van der Waals surface area contributed by atoms with Crippen LogP contribution in [0.2, 0.25) is 0 Å². The first-order valence-corrected chi connectivity index (χ1v) is 14.6. The van der Waals surface area contributed by atoms with Crippen molar-refractivity contribution in [2.24, 2.45) is 0 Å². The Labute approximate surface area is 248 Å². The molecule has 9 aromatic rings. The van der Waals surface area contributed by atoms with Gasteiger partial charge in [0, 0.05) is 29.6 Å². The highest BCUT2D eigenvalue weighted by atomic mass is 16.5. The van der Waals surface area contributed by atoms with Gasteiger partial charge in [-0.15, -0.1) is 0 Å². The van der Waals surface area contributed by atoms with Crippen molar-refractivity contribution in [1.29, 1.82) is 0 Å². The molecule has 0 unspecified atom stereocenters. The normalized spacial score (nSPS) is 12.0. The maximum absolute atomic E-state index is 5.73. The molecule has 9 aromatic carbocycles. The Morgan fingerprint density at radius 1 is 0.349 bits per heavy atom. The van der Waals surface area contributed by atoms with Gasteiger partial charge in [0.15, 0.2) is 0 Å². The van der Waals surface area contributed by atoms with Crippen LogP contribution < -0.4 is 14.4 Å². The zero-order valence-corrected chi connectivity index (χ0v) is 23.9. The lowest BCUT2D eigenvalue weighted by Crippen LogP contribution is -2.11. The molecule has 3 nitrogen and oxygen atoms in total. The summed E-state index contributed by atoms with van der Waals surface area (Å²) in [5.74, 6) is 1.49. The highest BCUT2D eigenvalue weighted by molar-refractivity contribution is 6.25. The third-order valence-corrected chi connectivity index (χ3v) is 9.01. The molecule has 204 valence electrons. The van der Waals surface area contributed by atoms with Gasteiger partial charge in [-0.2, -0.15) is 0 Å². The first-order chi connectivity index (χ1) is 21.2. The fourth-order valence-corrected chi connectivity index (χ4v) is 7.10. The van der Waals surface area contributed by atoms with Crippen LogP contribution in [-0.4, -0.2) is 14.2 Å². The van der Waals surface area contributed by atoms with Crippen LogP contribution in [-0.2, 0) is 0 Å². The molecule has 0 N–H and O–H groups in total. The van der Waals surface area contributed by atoms with E-state index in [9.17, 15) is 0 Å². The Morgan fingerprint density at radius 2 is 0.651 bits per heavy atom. The van der Waals surface area contributed by atoms with E-state index in [0.29, 0.717) is 0 Å². The third-order valence-electron chi connectivity index (χ3n) is 9.01. The Kier molecular flexibility index (Phi) is 5.03. The van der Waals surface area contributed by atoms with E-state index in [4.69, 9.17) is 9.47 Å². The van der Waals surface area contributed by atoms with Gasteiger partial charge >= 0.3 is 0 Å². The Hall–Kier alpha value is -5.54. The summed E-state index contributed by atoms with van der Waals surface area (Å²) in [6.07, 6.45) is 0. The lowest BCUT2D eigenvalue weighted by atomic mass is 9.92. The molecule has 0 radical (unpaired) electrons. The Morgan fingerprint density at radius 3 is 1.00 bits per heavy atom. The largest absolute Gasteiger partial charge is 0.497 e. The van der Waals surface area contributed by atoms with Crippen LogP contribution in [0.25, 0.3) is 64.6 Å². The van der Waals surface area contributed by atoms with Gasteiger partial charge in [0.1, 0.15) is 11.5 Å². The van der Waals surface area contributed by atoms with Gasteiger partial charge < -0.3 is 14.4 Å². The molecule has 0 aliphatic carbocycles. The number of anilines is 3. The number of hydrogen-bond acceptors (Lipinski definition) is 3. The summed E-state index contributed by atoms with van der Waals surface area (Å²) < 4.78 is 11.5. The standard InChI is InChI=1S/C40H27NO2/c1-42-35-21-34(22-36(23-35)43-2)41(32-17-28-13-9-24-5-3-6-25-10-14-29(18-32)39(28)37(24)25)33-19-30-15-11-26-7-4-8-27-12-16-31(20-33)40(30)38(26)27/h3-23H,1-2H3. The first-order valence-electron chi connectivity index (χ1n) is 14.6. The average Bonchev–Trinajstić information content (AvgIpc) is 3.06. The second-order valence-electron chi connectivity index (χ2n) is 11.4. The molecule has 0 aliphatic rings. The molecule has 0 aromatic heterocycles. The van der Waals surface area contributed by atoms with Crippen molar-refractivity contribution in [2.75, 3.05) is 19.1 Å². The minimum absolute atomic E-state index is 0.745. The van der Waals surface area contributed by atoms with Gasteiger partial charge in [-0.3, -0.25) is 0 Å². The van der Waals surface area contributed by atoms with Crippen LogP contribution in [0.5, 0.6) is 11.5 Å². The average molecular weight is 554 g/mol. The molecule has 0 atom stereocenters. The van der Waals surface area contributed by atoms with Crippen LogP contribution in [0.1, 0.15) is 0 Å². The maximum atomic E-state index is 5.73. The van der Waals surface area contributed by atoms with Gasteiger partial charge in [0.05, 0.1) is 19.9 Å². The van der Waals surface area contributed by atoms with E-state index in [1.54, 1.807) is 14.2 Å². The second kappa shape index (κ2) is 8.98. The molecule has 0 amide bonds. The van der Waals surface area contributed by atoms with E-state index in [2.05, 4.69) is 126 Å². The number of nitrogens with zero attached hydrogens (tertiary/aromatic N) is 1. The van der Waals surface area contributed by atoms with E-state index in [0.717, 1.165) is 28.6 Å². The van der Waals surface area contributed by atoms with Gasteiger partial charge in [-0.1, -0.05) is 84.9 Å². The summed E-state index contributed by atoms with van der Waals surface area (Å²) in [5.41, 5.74) is 3.12. The summed E-state index contributed by atoms with van der Waals surface area (Å²) in [6, 6.07) is 46.3. The van der Waals surface area contributed by atoms with E-state index < -0.39 is 0 Å². The SMILES string of the molecule is COc1cc(OC)cc(N(c2cc3ccc4cccc5ccc(c2)c3c45)c2cc3ccc4cccc5ccc(c2)c3c45)c1. The third kappa shape index (κ3) is 3.55. The fraction of sp³-hybridized carbons (Fsp3) is 0.0500. The number of methoxy groups -OCH3 is 2. The van der Waals surface area contributed by atoms with E-state index in [-0.39, 0.29) is 0 Å². The molecule has 0 saturated carbocycles. The highest BCUT2D eigenvalue weighted by Crippen LogP contribution is 2.45. The van der Waals surface area contributed by atoms with Crippen LogP contribution in [0, 0.1) is 0 Å². The molecule has 0 bridgehead atoms. The molecular weight excluding hydrogens is 526 g/mol. The van der Waals surface area contributed by atoms with Crippen molar-refractivity contribution >= 4 is 81.7 Å². The van der Waals surface area contributed by atoms with Crippen LogP contribution in [0.4, 0.5) is 17.1 Å². The summed E-state index contributed by atoms with van der Waals surface area (Å²) in [7, 11) is 3.40. The molecule has 0 spiro atoms. The van der Waals surface area contributed by atoms with Crippen molar-refractivity contribution < 1.29 is 9.47 Å². The summed E-state index contributed by atoms with van der Waals surface area (Å²) in [4.78, 5) is 2.33. The zero-order chi connectivity index (χ0) is 28.7. The number of benzene rings is 9. The monoisotopic (exact) mass is 553 g/mol. The maximum Gasteiger partial charge on any atom is 0.124 e. The summed E-state index contributed by atoms with van der Waals surface area (Å²) >= 11 is 0. The van der Waals surface area contributed by atoms with Gasteiger partial charge in [0.2, 0.25) is 0 Å². The molecule has 0 aliphatic heterocycles. The minimum Gasteiger partial charge on any atom is -0.497 e. The summed E-state index contributed by atoms with van der Waals surface area (Å²) in [5, 5.41) is 15.2. The molecular formula is C40H27NO2. The van der Waals surface area contributed by atoms with Crippen molar-refractivity contribution in [3.63, 3.8) is 0 Å². The van der Waals surface area contributed by atoms with Crippen molar-refractivity contribution in [3.8, 4) is 11.5 Å². The number of rotatable bonds is 5. The predicted molar refractivity (Wildman–Crippen MR) is 182 cm³/mol. The zero-order valence-electron chi connectivity index (χ0n) is 23.9. The second-order valence-corrected chi connectivity index (χ2v) is 11.4. The number of ether oxygens (including phenoxy) is 2. The molecule has 3 heteroatoms. The lowest BCUT2D eigenvalue weighted by Gasteiger charge is -2.28. The molecule has 0 heterocycles. The van der Waals surface area contributed by atoms with Gasteiger partial charge in [-0.05, 0) is 88.9 Å². The first kappa shape index (κ1) is 24.1. The Bertz CT molecular complexity index is 2200. The number of hydrogen-bond donors (Lipinski definition) is 0. The van der Waals surface area contributed by atoms with Crippen LogP contribution in [0.3, 0.4) is 0 Å². The van der Waals surface area contributed by atoms with Crippen LogP contribution >= 0.6 is 0 Å². The fourth-order valence-electron chi connectivity index (χ4n) is 7.10. The Balaban J connectivity index is 1.35. The lowest BCUT2D eigenvalue weighted by molar-refractivity contribution is 0.394. The molecule has 0 fully saturated rings. The van der Waals surface area contributed by atoms with E-state index >= 15 is 0 Å². The molecule has 9 rings (SSSR count). The summed E-state index contributed by atoms with van der Waals surface area (Å²) in [6.45, 7) is 0.